The molecule has 0 bridgehead atoms. The fourth-order valence-corrected chi connectivity index (χ4v) is 6.26. The summed E-state index contributed by atoms with van der Waals surface area (Å²) in [5.74, 6) is -0.445. The second-order valence-corrected chi connectivity index (χ2v) is 12.3. The summed E-state index contributed by atoms with van der Waals surface area (Å²) in [6.45, 7) is 1.67. The molecule has 0 spiro atoms. The number of rotatable bonds is 12. The van der Waals surface area contributed by atoms with Crippen molar-refractivity contribution in [3.8, 4) is 22.7 Å². The third-order valence-electron chi connectivity index (χ3n) is 8.71. The van der Waals surface area contributed by atoms with Crippen molar-refractivity contribution in [3.63, 3.8) is 0 Å². The molecular weight excluding hydrogens is 633 g/mol. The van der Waals surface area contributed by atoms with Gasteiger partial charge in [-0.3, -0.25) is 9.98 Å². The Labute approximate surface area is 274 Å². The number of aromatic amines is 1. The number of aryl methyl sites for hydroxylation is 1. The third kappa shape index (κ3) is 8.04. The molecule has 6 N–H and O–H groups in total. The Morgan fingerprint density at radius 3 is 2.73 bits per heavy atom. The van der Waals surface area contributed by atoms with Crippen molar-refractivity contribution in [2.45, 2.75) is 76.2 Å². The SMILES string of the molecule is COc1cc(-n2cc3cc(-c4cc(CCC[C@@H](N)CF)cc(C(F)(F)F)c4F)[nH]c3nc2=O)ccc1[C@@H]1CCC[C@@H](CCNC(C)=N)N1. The number of nitrogens with zero attached hydrogens (tertiary/aromatic N) is 2. The summed E-state index contributed by atoms with van der Waals surface area (Å²) in [6, 6.07) is 8.53. The largest absolute Gasteiger partial charge is 0.496 e. The highest BCUT2D eigenvalue weighted by atomic mass is 19.4. The predicted molar refractivity (Wildman–Crippen MR) is 175 cm³/mol. The molecule has 2 aromatic heterocycles. The van der Waals surface area contributed by atoms with E-state index in [1.807, 2.05) is 6.07 Å². The Morgan fingerprint density at radius 1 is 1.23 bits per heavy atom. The first-order valence-electron chi connectivity index (χ1n) is 15.9. The first-order valence-corrected chi connectivity index (χ1v) is 15.9. The van der Waals surface area contributed by atoms with Crippen molar-refractivity contribution in [2.75, 3.05) is 20.3 Å². The number of alkyl halides is 4. The Balaban J connectivity index is 1.44. The zero-order valence-electron chi connectivity index (χ0n) is 26.8. The van der Waals surface area contributed by atoms with Crippen LogP contribution in [0.3, 0.4) is 0 Å². The summed E-state index contributed by atoms with van der Waals surface area (Å²) in [6.07, 6.45) is 1.10. The average Bonchev–Trinajstić information content (AvgIpc) is 3.46. The summed E-state index contributed by atoms with van der Waals surface area (Å²) in [7, 11) is 1.55. The van der Waals surface area contributed by atoms with Crippen LogP contribution in [0.5, 0.6) is 5.75 Å². The zero-order valence-corrected chi connectivity index (χ0v) is 26.8. The van der Waals surface area contributed by atoms with E-state index < -0.39 is 36.0 Å². The number of aromatic nitrogens is 3. The lowest BCUT2D eigenvalue weighted by Gasteiger charge is -2.32. The van der Waals surface area contributed by atoms with Gasteiger partial charge in [-0.25, -0.2) is 13.6 Å². The maximum absolute atomic E-state index is 15.4. The van der Waals surface area contributed by atoms with E-state index in [0.29, 0.717) is 35.6 Å². The van der Waals surface area contributed by atoms with Crippen molar-refractivity contribution in [1.29, 1.82) is 5.41 Å². The van der Waals surface area contributed by atoms with Crippen molar-refractivity contribution in [1.82, 2.24) is 25.2 Å². The molecule has 48 heavy (non-hydrogen) atoms. The van der Waals surface area contributed by atoms with Gasteiger partial charge in [-0.2, -0.15) is 18.2 Å². The summed E-state index contributed by atoms with van der Waals surface area (Å²) in [5, 5.41) is 14.7. The topological polar surface area (TPSA) is 134 Å². The van der Waals surface area contributed by atoms with Crippen molar-refractivity contribution < 1.29 is 26.7 Å². The summed E-state index contributed by atoms with van der Waals surface area (Å²) < 4.78 is 76.6. The van der Waals surface area contributed by atoms with Crippen LogP contribution in [-0.4, -0.2) is 52.8 Å². The van der Waals surface area contributed by atoms with E-state index in [2.05, 4.69) is 20.6 Å². The Morgan fingerprint density at radius 2 is 2.02 bits per heavy atom. The predicted octanol–water partition coefficient (Wildman–Crippen LogP) is 6.33. The van der Waals surface area contributed by atoms with Gasteiger partial charge in [0.1, 0.15) is 23.9 Å². The molecule has 0 amide bonds. The number of H-pyrrole nitrogens is 1. The van der Waals surface area contributed by atoms with Gasteiger partial charge in [0.2, 0.25) is 0 Å². The van der Waals surface area contributed by atoms with Crippen LogP contribution in [-0.2, 0) is 12.6 Å². The molecule has 1 fully saturated rings. The Bertz CT molecular complexity index is 1820. The van der Waals surface area contributed by atoms with Gasteiger partial charge in [0.05, 0.1) is 29.9 Å². The third-order valence-corrected chi connectivity index (χ3v) is 8.71. The van der Waals surface area contributed by atoms with Crippen LogP contribution in [0.1, 0.15) is 68.2 Å². The molecule has 1 aliphatic heterocycles. The van der Waals surface area contributed by atoms with Gasteiger partial charge >= 0.3 is 11.9 Å². The molecule has 0 unspecified atom stereocenters. The molecule has 9 nitrogen and oxygen atoms in total. The number of nitrogens with two attached hydrogens (primary N) is 1. The van der Waals surface area contributed by atoms with E-state index in [1.54, 1.807) is 26.2 Å². The average molecular weight is 674 g/mol. The molecule has 1 aliphatic rings. The number of halogens is 5. The molecule has 5 rings (SSSR count). The maximum Gasteiger partial charge on any atom is 0.419 e. The highest BCUT2D eigenvalue weighted by Crippen LogP contribution is 2.38. The van der Waals surface area contributed by atoms with Crippen LogP contribution in [0.25, 0.3) is 28.0 Å². The molecule has 3 atom stereocenters. The van der Waals surface area contributed by atoms with E-state index in [1.165, 1.54) is 22.9 Å². The van der Waals surface area contributed by atoms with Gasteiger partial charge in [-0.15, -0.1) is 0 Å². The number of benzene rings is 2. The molecule has 4 aromatic rings. The van der Waals surface area contributed by atoms with Crippen LogP contribution in [0.15, 0.2) is 47.4 Å². The van der Waals surface area contributed by atoms with E-state index >= 15 is 4.39 Å². The quantitative estimate of drug-likeness (QED) is 0.0679. The van der Waals surface area contributed by atoms with E-state index in [4.69, 9.17) is 15.9 Å². The van der Waals surface area contributed by atoms with Crippen molar-refractivity contribution in [3.05, 3.63) is 75.6 Å². The minimum atomic E-state index is -4.95. The smallest absolute Gasteiger partial charge is 0.419 e. The first kappa shape index (κ1) is 35.0. The normalized spacial score (nSPS) is 17.4. The zero-order chi connectivity index (χ0) is 34.6. The lowest BCUT2D eigenvalue weighted by molar-refractivity contribution is -0.140. The lowest BCUT2D eigenvalue weighted by Crippen LogP contribution is -2.39. The molecule has 3 heterocycles. The van der Waals surface area contributed by atoms with Gasteiger partial charge in [-0.05, 0) is 75.3 Å². The second-order valence-electron chi connectivity index (χ2n) is 12.3. The summed E-state index contributed by atoms with van der Waals surface area (Å²) in [4.78, 5) is 20.1. The van der Waals surface area contributed by atoms with Gasteiger partial charge in [0, 0.05) is 53.4 Å². The number of methoxy groups -OCH3 is 1. The Hall–Kier alpha value is -4.30. The van der Waals surface area contributed by atoms with Crippen molar-refractivity contribution >= 4 is 16.9 Å². The number of piperidine rings is 1. The number of amidine groups is 1. The number of ether oxygens (including phenoxy) is 1. The highest BCUT2D eigenvalue weighted by molar-refractivity contribution is 5.83. The molecular formula is C34H40F5N7O2. The highest BCUT2D eigenvalue weighted by Gasteiger charge is 2.36. The van der Waals surface area contributed by atoms with Gasteiger partial charge in [0.15, 0.2) is 0 Å². The first-order chi connectivity index (χ1) is 22.9. The molecule has 258 valence electrons. The van der Waals surface area contributed by atoms with Crippen LogP contribution < -0.4 is 26.8 Å². The van der Waals surface area contributed by atoms with Crippen LogP contribution in [0.4, 0.5) is 22.0 Å². The number of hydrogen-bond donors (Lipinski definition) is 5. The van der Waals surface area contributed by atoms with Crippen LogP contribution >= 0.6 is 0 Å². The molecule has 1 saturated heterocycles. The minimum absolute atomic E-state index is 0.0248. The maximum atomic E-state index is 15.4. The van der Waals surface area contributed by atoms with Crippen LogP contribution in [0, 0.1) is 11.2 Å². The van der Waals surface area contributed by atoms with E-state index in [9.17, 15) is 22.4 Å². The van der Waals surface area contributed by atoms with Gasteiger partial charge in [0.25, 0.3) is 0 Å². The summed E-state index contributed by atoms with van der Waals surface area (Å²) >= 11 is 0. The standard InChI is InChI=1S/C34H40F5N7O2/c1-19(40)42-12-11-23-7-4-8-28(43-23)25-10-9-24(16-30(25)48-2)46-18-21-15-29(44-32(21)45-33(46)47)26-13-20(5-3-6-22(41)17-35)14-27(31(26)36)34(37,38)39/h9-10,13-16,18,22-23,28,43H,3-8,11-12,17,41H2,1-2H3,(H2,40,42)(H,44,45,47)/t22-,23+,28+/m1/s1. The number of nitrogens with one attached hydrogen (secondary N) is 4. The fourth-order valence-electron chi connectivity index (χ4n) is 6.26. The molecule has 0 aliphatic carbocycles. The number of fused-ring (bicyclic) bond motifs is 1. The van der Waals surface area contributed by atoms with Gasteiger partial charge in [-0.1, -0.05) is 12.5 Å². The fraction of sp³-hybridized carbons (Fsp3) is 0.441. The van der Waals surface area contributed by atoms with E-state index in [-0.39, 0.29) is 47.4 Å². The summed E-state index contributed by atoms with van der Waals surface area (Å²) in [5.41, 5.74) is 4.96. The van der Waals surface area contributed by atoms with Gasteiger partial charge < -0.3 is 26.1 Å². The molecule has 0 saturated carbocycles. The lowest BCUT2D eigenvalue weighted by atomic mass is 9.91. The number of hydrogen-bond acceptors (Lipinski definition) is 6. The Kier molecular flexibility index (Phi) is 10.8. The second kappa shape index (κ2) is 14.9. The minimum Gasteiger partial charge on any atom is -0.496 e. The molecule has 2 aromatic carbocycles. The van der Waals surface area contributed by atoms with Crippen molar-refractivity contribution in [2.24, 2.45) is 5.73 Å². The molecule has 14 heteroatoms. The molecule has 0 radical (unpaired) electrons. The monoisotopic (exact) mass is 673 g/mol. The van der Waals surface area contributed by atoms with E-state index in [0.717, 1.165) is 37.3 Å². The van der Waals surface area contributed by atoms with Crippen LogP contribution in [0.2, 0.25) is 0 Å².